The summed E-state index contributed by atoms with van der Waals surface area (Å²) in [5.74, 6) is -1.44. The Hall–Kier alpha value is -1.06. The highest BCUT2D eigenvalue weighted by molar-refractivity contribution is 6.32. The molecule has 4 heteroatoms. The van der Waals surface area contributed by atoms with Gasteiger partial charge in [-0.25, -0.2) is 4.79 Å². The van der Waals surface area contributed by atoms with Crippen molar-refractivity contribution in [3.63, 3.8) is 0 Å². The molecule has 0 spiro atoms. The molecule has 0 aromatic rings. The molecule has 0 heterocycles. The standard InChI is InChI=1S/C10H19NO3/c1-4-6-7-8(3)11-9(12)10(13)14-5-2/h8H,4-7H2,1-3H3,(H,11,12). The van der Waals surface area contributed by atoms with Crippen molar-refractivity contribution >= 4 is 11.9 Å². The minimum atomic E-state index is -0.796. The van der Waals surface area contributed by atoms with Crippen LogP contribution in [-0.2, 0) is 14.3 Å². The molecule has 0 aliphatic rings. The molecular formula is C10H19NO3. The first-order chi connectivity index (χ1) is 6.61. The van der Waals surface area contributed by atoms with Crippen LogP contribution in [-0.4, -0.2) is 24.5 Å². The maximum atomic E-state index is 11.1. The van der Waals surface area contributed by atoms with Crippen LogP contribution in [0.3, 0.4) is 0 Å². The van der Waals surface area contributed by atoms with Crippen LogP contribution in [0, 0.1) is 0 Å². The van der Waals surface area contributed by atoms with Crippen molar-refractivity contribution < 1.29 is 14.3 Å². The molecule has 0 saturated heterocycles. The van der Waals surface area contributed by atoms with Crippen molar-refractivity contribution in [1.82, 2.24) is 5.32 Å². The fourth-order valence-electron chi connectivity index (χ4n) is 1.06. The lowest BCUT2D eigenvalue weighted by molar-refractivity contribution is -0.154. The van der Waals surface area contributed by atoms with Gasteiger partial charge in [0.15, 0.2) is 0 Å². The van der Waals surface area contributed by atoms with Crippen molar-refractivity contribution in [2.45, 2.75) is 46.1 Å². The van der Waals surface area contributed by atoms with E-state index >= 15 is 0 Å². The van der Waals surface area contributed by atoms with Crippen molar-refractivity contribution in [2.24, 2.45) is 0 Å². The molecule has 0 fully saturated rings. The number of rotatable bonds is 5. The monoisotopic (exact) mass is 201 g/mol. The van der Waals surface area contributed by atoms with E-state index in [1.54, 1.807) is 6.92 Å². The first kappa shape index (κ1) is 12.9. The lowest BCUT2D eigenvalue weighted by Crippen LogP contribution is -2.38. The fraction of sp³-hybridized carbons (Fsp3) is 0.800. The van der Waals surface area contributed by atoms with Crippen molar-refractivity contribution in [3.8, 4) is 0 Å². The average molecular weight is 201 g/mol. The number of nitrogens with one attached hydrogen (secondary N) is 1. The molecule has 1 unspecified atom stereocenters. The zero-order valence-electron chi connectivity index (χ0n) is 9.13. The molecule has 0 aliphatic carbocycles. The van der Waals surface area contributed by atoms with Gasteiger partial charge in [-0.3, -0.25) is 4.79 Å². The van der Waals surface area contributed by atoms with Crippen molar-refractivity contribution in [3.05, 3.63) is 0 Å². The maximum Gasteiger partial charge on any atom is 0.396 e. The van der Waals surface area contributed by atoms with Gasteiger partial charge in [-0.1, -0.05) is 19.8 Å². The topological polar surface area (TPSA) is 55.4 Å². The highest BCUT2D eigenvalue weighted by Crippen LogP contribution is 1.99. The number of hydrogen-bond acceptors (Lipinski definition) is 3. The minimum Gasteiger partial charge on any atom is -0.459 e. The smallest absolute Gasteiger partial charge is 0.396 e. The summed E-state index contributed by atoms with van der Waals surface area (Å²) >= 11 is 0. The molecule has 0 radical (unpaired) electrons. The molecule has 0 rings (SSSR count). The second-order valence-electron chi connectivity index (χ2n) is 3.24. The zero-order valence-corrected chi connectivity index (χ0v) is 9.13. The highest BCUT2D eigenvalue weighted by atomic mass is 16.5. The van der Waals surface area contributed by atoms with E-state index in [0.717, 1.165) is 19.3 Å². The van der Waals surface area contributed by atoms with Gasteiger partial charge in [0.1, 0.15) is 0 Å². The Kier molecular flexibility index (Phi) is 6.80. The molecule has 0 bridgehead atoms. The van der Waals surface area contributed by atoms with Gasteiger partial charge in [0.05, 0.1) is 6.61 Å². The molecule has 0 aromatic heterocycles. The van der Waals surface area contributed by atoms with Crippen LogP contribution in [0.4, 0.5) is 0 Å². The SMILES string of the molecule is CCCCC(C)NC(=O)C(=O)OCC. The Balaban J connectivity index is 3.75. The van der Waals surface area contributed by atoms with Crippen molar-refractivity contribution in [1.29, 1.82) is 0 Å². The molecule has 0 aliphatic heterocycles. The van der Waals surface area contributed by atoms with Gasteiger partial charge in [0.25, 0.3) is 0 Å². The normalized spacial score (nSPS) is 11.9. The number of hydrogen-bond donors (Lipinski definition) is 1. The second kappa shape index (κ2) is 7.35. The third-order valence-electron chi connectivity index (χ3n) is 1.83. The summed E-state index contributed by atoms with van der Waals surface area (Å²) in [5, 5.41) is 2.59. The summed E-state index contributed by atoms with van der Waals surface area (Å²) in [6, 6.07) is 0.0341. The Morgan fingerprint density at radius 2 is 2.00 bits per heavy atom. The summed E-state index contributed by atoms with van der Waals surface area (Å²) < 4.78 is 4.56. The summed E-state index contributed by atoms with van der Waals surface area (Å²) in [5.41, 5.74) is 0. The van der Waals surface area contributed by atoms with Crippen LogP contribution < -0.4 is 5.32 Å². The first-order valence-electron chi connectivity index (χ1n) is 5.09. The number of amides is 1. The summed E-state index contributed by atoms with van der Waals surface area (Å²) in [7, 11) is 0. The van der Waals surface area contributed by atoms with E-state index < -0.39 is 11.9 Å². The number of ether oxygens (including phenoxy) is 1. The Labute approximate surface area is 85.0 Å². The third kappa shape index (κ3) is 5.56. The predicted octanol–water partition coefficient (Wildman–Crippen LogP) is 1.24. The Bertz CT molecular complexity index is 192. The average Bonchev–Trinajstić information content (AvgIpc) is 2.15. The van der Waals surface area contributed by atoms with E-state index in [4.69, 9.17) is 0 Å². The molecule has 1 amide bonds. The van der Waals surface area contributed by atoms with Crippen LogP contribution in [0.2, 0.25) is 0 Å². The molecule has 0 saturated carbocycles. The molecular weight excluding hydrogens is 182 g/mol. The van der Waals surface area contributed by atoms with Gasteiger partial charge in [-0.15, -0.1) is 0 Å². The first-order valence-corrected chi connectivity index (χ1v) is 5.09. The largest absolute Gasteiger partial charge is 0.459 e. The predicted molar refractivity (Wildman–Crippen MR) is 53.8 cm³/mol. The van der Waals surface area contributed by atoms with Crippen LogP contribution in [0.15, 0.2) is 0 Å². The van der Waals surface area contributed by atoms with E-state index in [-0.39, 0.29) is 12.6 Å². The Morgan fingerprint density at radius 1 is 1.36 bits per heavy atom. The fourth-order valence-corrected chi connectivity index (χ4v) is 1.06. The highest BCUT2D eigenvalue weighted by Gasteiger charge is 2.16. The number of carbonyl (C=O) groups excluding carboxylic acids is 2. The van der Waals surface area contributed by atoms with Gasteiger partial charge in [0, 0.05) is 6.04 Å². The number of unbranched alkanes of at least 4 members (excludes halogenated alkanes) is 1. The van der Waals surface area contributed by atoms with E-state index in [0.29, 0.717) is 0 Å². The molecule has 1 atom stereocenters. The van der Waals surface area contributed by atoms with Gasteiger partial charge in [-0.05, 0) is 20.3 Å². The van der Waals surface area contributed by atoms with Gasteiger partial charge >= 0.3 is 11.9 Å². The minimum absolute atomic E-state index is 0.0341. The quantitative estimate of drug-likeness (QED) is 0.538. The number of carbonyl (C=O) groups is 2. The van der Waals surface area contributed by atoms with Crippen LogP contribution >= 0.6 is 0 Å². The van der Waals surface area contributed by atoms with Crippen molar-refractivity contribution in [2.75, 3.05) is 6.61 Å². The number of esters is 1. The molecule has 82 valence electrons. The van der Waals surface area contributed by atoms with Crippen LogP contribution in [0.5, 0.6) is 0 Å². The summed E-state index contributed by atoms with van der Waals surface area (Å²) in [4.78, 5) is 22.0. The van der Waals surface area contributed by atoms with E-state index in [2.05, 4.69) is 17.0 Å². The lowest BCUT2D eigenvalue weighted by atomic mass is 10.1. The summed E-state index contributed by atoms with van der Waals surface area (Å²) in [6.07, 6.45) is 3.02. The zero-order chi connectivity index (χ0) is 11.0. The maximum absolute atomic E-state index is 11.1. The van der Waals surface area contributed by atoms with E-state index in [1.807, 2.05) is 6.92 Å². The van der Waals surface area contributed by atoms with E-state index in [1.165, 1.54) is 0 Å². The Morgan fingerprint density at radius 3 is 2.50 bits per heavy atom. The third-order valence-corrected chi connectivity index (χ3v) is 1.83. The molecule has 14 heavy (non-hydrogen) atoms. The van der Waals surface area contributed by atoms with Crippen LogP contribution in [0.1, 0.15) is 40.0 Å². The molecule has 0 aromatic carbocycles. The van der Waals surface area contributed by atoms with Gasteiger partial charge in [0.2, 0.25) is 0 Å². The molecule has 4 nitrogen and oxygen atoms in total. The summed E-state index contributed by atoms with van der Waals surface area (Å²) in [6.45, 7) is 5.87. The van der Waals surface area contributed by atoms with Gasteiger partial charge < -0.3 is 10.1 Å². The van der Waals surface area contributed by atoms with Crippen LogP contribution in [0.25, 0.3) is 0 Å². The van der Waals surface area contributed by atoms with Gasteiger partial charge in [-0.2, -0.15) is 0 Å². The second-order valence-corrected chi connectivity index (χ2v) is 3.24. The molecule has 1 N–H and O–H groups in total. The lowest BCUT2D eigenvalue weighted by Gasteiger charge is -2.12. The van der Waals surface area contributed by atoms with E-state index in [9.17, 15) is 9.59 Å².